The molecule has 1 atom stereocenters. The van der Waals surface area contributed by atoms with E-state index in [1.54, 1.807) is 0 Å². The summed E-state index contributed by atoms with van der Waals surface area (Å²) >= 11 is 0. The lowest BCUT2D eigenvalue weighted by Gasteiger charge is -2.12. The van der Waals surface area contributed by atoms with Gasteiger partial charge in [-0.05, 0) is 30.9 Å². The molecule has 1 unspecified atom stereocenters. The average molecular weight is 213 g/mol. The molecule has 15 heavy (non-hydrogen) atoms. The zero-order chi connectivity index (χ0) is 10.8. The maximum atomic E-state index is 13.1. The summed E-state index contributed by atoms with van der Waals surface area (Å²) in [5.41, 5.74) is 5.79. The second kappa shape index (κ2) is 4.14. The highest BCUT2D eigenvalue weighted by Gasteiger charge is 2.28. The van der Waals surface area contributed by atoms with Crippen molar-refractivity contribution in [3.63, 3.8) is 0 Å². The van der Waals surface area contributed by atoms with Gasteiger partial charge in [0.25, 0.3) is 0 Å². The number of hydrogen-bond acceptors (Lipinski definition) is 2. The molecule has 2 nitrogen and oxygen atoms in total. The molecule has 2 rings (SSSR count). The molecule has 82 valence electrons. The quantitative estimate of drug-likeness (QED) is 0.831. The number of hydrogen-bond donors (Lipinski definition) is 1. The third-order valence-corrected chi connectivity index (χ3v) is 2.55. The summed E-state index contributed by atoms with van der Waals surface area (Å²) in [5, 5.41) is 0. The second-order valence-electron chi connectivity index (χ2n) is 3.89. The van der Waals surface area contributed by atoms with Gasteiger partial charge in [-0.1, -0.05) is 0 Å². The molecule has 0 radical (unpaired) electrons. The van der Waals surface area contributed by atoms with Crippen LogP contribution in [-0.2, 0) is 0 Å². The minimum Gasteiger partial charge on any atom is -0.489 e. The van der Waals surface area contributed by atoms with Crippen LogP contribution in [0.15, 0.2) is 18.2 Å². The predicted octanol–water partition coefficient (Wildman–Crippen LogP) is 2.08. The van der Waals surface area contributed by atoms with Crippen LogP contribution >= 0.6 is 0 Å². The van der Waals surface area contributed by atoms with Gasteiger partial charge in [-0.25, -0.2) is 8.78 Å². The first-order valence-corrected chi connectivity index (χ1v) is 5.00. The molecule has 4 heteroatoms. The lowest BCUT2D eigenvalue weighted by molar-refractivity contribution is 0.264. The molecule has 0 amide bonds. The number of halogens is 2. The zero-order valence-electron chi connectivity index (χ0n) is 8.25. The molecule has 1 fully saturated rings. The number of benzene rings is 1. The smallest absolute Gasteiger partial charge is 0.167 e. The Kier molecular flexibility index (Phi) is 2.86. The molecule has 2 N–H and O–H groups in total. The van der Waals surface area contributed by atoms with Crippen molar-refractivity contribution in [2.24, 2.45) is 11.7 Å². The molecule has 0 saturated heterocycles. The number of nitrogens with two attached hydrogens (primary N) is 1. The van der Waals surface area contributed by atoms with Crippen LogP contribution in [0.1, 0.15) is 12.8 Å². The van der Waals surface area contributed by atoms with Crippen molar-refractivity contribution in [1.82, 2.24) is 0 Å². The van der Waals surface area contributed by atoms with Gasteiger partial charge in [0, 0.05) is 12.1 Å². The van der Waals surface area contributed by atoms with E-state index < -0.39 is 11.6 Å². The summed E-state index contributed by atoms with van der Waals surface area (Å²) in [5.74, 6) is -0.717. The minimum atomic E-state index is -0.682. The monoisotopic (exact) mass is 213 g/mol. The molecule has 0 spiro atoms. The normalized spacial score (nSPS) is 17.5. The highest BCUT2D eigenvalue weighted by molar-refractivity contribution is 5.24. The molecule has 1 aliphatic carbocycles. The Balaban J connectivity index is 1.92. The van der Waals surface area contributed by atoms with E-state index in [9.17, 15) is 8.78 Å². The van der Waals surface area contributed by atoms with Gasteiger partial charge >= 0.3 is 0 Å². The molecular formula is C11H13F2NO. The van der Waals surface area contributed by atoms with Crippen molar-refractivity contribution in [3.05, 3.63) is 29.8 Å². The van der Waals surface area contributed by atoms with E-state index in [4.69, 9.17) is 10.5 Å². The van der Waals surface area contributed by atoms with Gasteiger partial charge in [-0.2, -0.15) is 0 Å². The van der Waals surface area contributed by atoms with Crippen molar-refractivity contribution >= 4 is 0 Å². The van der Waals surface area contributed by atoms with E-state index in [2.05, 4.69) is 0 Å². The standard InChI is InChI=1S/C11H13F2NO/c12-8-3-4-11(9(13)5-8)15-6-10(14)7-1-2-7/h3-5,7,10H,1-2,6,14H2. The molecule has 1 aromatic rings. The van der Waals surface area contributed by atoms with Crippen LogP contribution in [0.4, 0.5) is 8.78 Å². The zero-order valence-corrected chi connectivity index (χ0v) is 8.25. The van der Waals surface area contributed by atoms with E-state index in [1.165, 1.54) is 12.1 Å². The van der Waals surface area contributed by atoms with Crippen LogP contribution in [0.2, 0.25) is 0 Å². The topological polar surface area (TPSA) is 35.2 Å². The molecule has 0 aliphatic heterocycles. The number of ether oxygens (including phenoxy) is 1. The summed E-state index contributed by atoms with van der Waals surface area (Å²) in [6.45, 7) is 0.285. The Hall–Kier alpha value is -1.16. The van der Waals surface area contributed by atoms with Crippen molar-refractivity contribution in [2.45, 2.75) is 18.9 Å². The predicted molar refractivity (Wildman–Crippen MR) is 52.6 cm³/mol. The molecule has 0 heterocycles. The molecule has 0 bridgehead atoms. The van der Waals surface area contributed by atoms with E-state index in [0.717, 1.165) is 18.9 Å². The largest absolute Gasteiger partial charge is 0.489 e. The summed E-state index contributed by atoms with van der Waals surface area (Å²) in [6, 6.07) is 3.21. The van der Waals surface area contributed by atoms with E-state index >= 15 is 0 Å². The Labute approximate surface area is 87.0 Å². The van der Waals surface area contributed by atoms with Gasteiger partial charge in [0.15, 0.2) is 11.6 Å². The van der Waals surface area contributed by atoms with Gasteiger partial charge in [-0.15, -0.1) is 0 Å². The fourth-order valence-corrected chi connectivity index (χ4v) is 1.44. The van der Waals surface area contributed by atoms with Gasteiger partial charge < -0.3 is 10.5 Å². The van der Waals surface area contributed by atoms with Crippen LogP contribution in [0.25, 0.3) is 0 Å². The molecule has 1 aliphatic rings. The third kappa shape index (κ3) is 2.65. The van der Waals surface area contributed by atoms with E-state index in [0.29, 0.717) is 5.92 Å². The van der Waals surface area contributed by atoms with E-state index in [1.807, 2.05) is 0 Å². The Morgan fingerprint density at radius 1 is 1.40 bits per heavy atom. The highest BCUT2D eigenvalue weighted by atomic mass is 19.1. The molecular weight excluding hydrogens is 200 g/mol. The Morgan fingerprint density at radius 2 is 2.13 bits per heavy atom. The maximum absolute atomic E-state index is 13.1. The fourth-order valence-electron chi connectivity index (χ4n) is 1.44. The molecule has 1 saturated carbocycles. The van der Waals surface area contributed by atoms with Gasteiger partial charge in [0.05, 0.1) is 0 Å². The van der Waals surface area contributed by atoms with Crippen LogP contribution in [0.3, 0.4) is 0 Å². The minimum absolute atomic E-state index is 0.0468. The van der Waals surface area contributed by atoms with Crippen LogP contribution in [-0.4, -0.2) is 12.6 Å². The number of rotatable bonds is 4. The van der Waals surface area contributed by atoms with Gasteiger partial charge in [-0.3, -0.25) is 0 Å². The van der Waals surface area contributed by atoms with E-state index in [-0.39, 0.29) is 18.4 Å². The van der Waals surface area contributed by atoms with Gasteiger partial charge in [0.2, 0.25) is 0 Å². The lowest BCUT2D eigenvalue weighted by atomic mass is 10.2. The van der Waals surface area contributed by atoms with Crippen LogP contribution in [0.5, 0.6) is 5.75 Å². The first-order chi connectivity index (χ1) is 7.16. The first kappa shape index (κ1) is 10.4. The lowest BCUT2D eigenvalue weighted by Crippen LogP contribution is -2.30. The average Bonchev–Trinajstić information content (AvgIpc) is 2.99. The van der Waals surface area contributed by atoms with Crippen molar-refractivity contribution in [3.8, 4) is 5.75 Å². The van der Waals surface area contributed by atoms with Crippen molar-refractivity contribution < 1.29 is 13.5 Å². The summed E-state index contributed by atoms with van der Waals surface area (Å²) in [6.07, 6.45) is 2.24. The SMILES string of the molecule is NC(COc1ccc(F)cc1F)C1CC1. The van der Waals surface area contributed by atoms with Crippen LogP contribution < -0.4 is 10.5 Å². The fraction of sp³-hybridized carbons (Fsp3) is 0.455. The van der Waals surface area contributed by atoms with Crippen LogP contribution in [0, 0.1) is 17.6 Å². The second-order valence-corrected chi connectivity index (χ2v) is 3.89. The Bertz CT molecular complexity index is 352. The first-order valence-electron chi connectivity index (χ1n) is 5.00. The highest BCUT2D eigenvalue weighted by Crippen LogP contribution is 2.31. The Morgan fingerprint density at radius 3 is 2.73 bits per heavy atom. The maximum Gasteiger partial charge on any atom is 0.167 e. The molecule has 1 aromatic carbocycles. The third-order valence-electron chi connectivity index (χ3n) is 2.55. The summed E-state index contributed by atoms with van der Waals surface area (Å²) in [7, 11) is 0. The van der Waals surface area contributed by atoms with Crippen molar-refractivity contribution in [1.29, 1.82) is 0 Å². The van der Waals surface area contributed by atoms with Gasteiger partial charge in [0.1, 0.15) is 12.4 Å². The molecule has 0 aromatic heterocycles. The van der Waals surface area contributed by atoms with Crippen molar-refractivity contribution in [2.75, 3.05) is 6.61 Å². The summed E-state index contributed by atoms with van der Waals surface area (Å²) in [4.78, 5) is 0. The summed E-state index contributed by atoms with van der Waals surface area (Å²) < 4.78 is 30.9.